The second-order valence-electron chi connectivity index (χ2n) is 10.9. The molecule has 2 unspecified atom stereocenters. The van der Waals surface area contributed by atoms with Crippen LogP contribution in [0.15, 0.2) is 53.3 Å². The number of nitrogens with one attached hydrogen (secondary N) is 2. The van der Waals surface area contributed by atoms with Crippen molar-refractivity contribution >= 4 is 39.9 Å². The number of anilines is 1. The summed E-state index contributed by atoms with van der Waals surface area (Å²) in [6, 6.07) is 11.8. The van der Waals surface area contributed by atoms with Gasteiger partial charge in [0.25, 0.3) is 17.2 Å². The smallest absolute Gasteiger partial charge is 0.407 e. The molecule has 2 aromatic carbocycles. The number of likely N-dealkylation sites (tertiary alicyclic amines) is 1. The van der Waals surface area contributed by atoms with Gasteiger partial charge in [0.05, 0.1) is 27.2 Å². The number of benzene rings is 2. The van der Waals surface area contributed by atoms with Crippen molar-refractivity contribution in [3.05, 3.63) is 80.3 Å². The molecular weight excluding hydrogens is 504 g/mol. The van der Waals surface area contributed by atoms with E-state index >= 15 is 0 Å². The largest absolute Gasteiger partial charge is 0.465 e. The van der Waals surface area contributed by atoms with Gasteiger partial charge in [-0.1, -0.05) is 32.9 Å². The Morgan fingerprint density at radius 1 is 1.18 bits per heavy atom. The average molecular weight is 533 g/mol. The molecule has 0 spiro atoms. The number of aromatic amines is 1. The van der Waals surface area contributed by atoms with E-state index in [0.717, 1.165) is 0 Å². The molecule has 0 saturated carbocycles. The molecule has 1 aliphatic heterocycles. The molecule has 0 bridgehead atoms. The van der Waals surface area contributed by atoms with Crippen molar-refractivity contribution in [1.82, 2.24) is 19.5 Å². The number of nitrogens with zero attached hydrogens (tertiary/aromatic N) is 4. The van der Waals surface area contributed by atoms with Gasteiger partial charge in [0.1, 0.15) is 5.65 Å². The fourth-order valence-corrected chi connectivity index (χ4v) is 5.42. The molecule has 2 atom stereocenters. The lowest BCUT2D eigenvalue weighted by Gasteiger charge is -2.44. The first-order valence-electron chi connectivity index (χ1n) is 12.5. The van der Waals surface area contributed by atoms with E-state index in [2.05, 4.69) is 10.3 Å². The van der Waals surface area contributed by atoms with Gasteiger partial charge in [0.2, 0.25) is 0 Å². The first-order valence-corrected chi connectivity index (χ1v) is 12.5. The molecule has 12 heteroatoms. The fraction of sp³-hybridized carbons (Fsp3) is 0.333. The van der Waals surface area contributed by atoms with Gasteiger partial charge in [-0.15, -0.1) is 0 Å². The first-order chi connectivity index (χ1) is 18.4. The number of H-pyrrole nitrogens is 1. The second-order valence-corrected chi connectivity index (χ2v) is 10.9. The van der Waals surface area contributed by atoms with Crippen LogP contribution in [0, 0.1) is 15.5 Å². The summed E-state index contributed by atoms with van der Waals surface area (Å²) in [5, 5.41) is 28.9. The molecule has 5 rings (SSSR count). The van der Waals surface area contributed by atoms with E-state index in [1.165, 1.54) is 35.2 Å². The maximum Gasteiger partial charge on any atom is 0.407 e. The van der Waals surface area contributed by atoms with Gasteiger partial charge < -0.3 is 20.3 Å². The summed E-state index contributed by atoms with van der Waals surface area (Å²) in [6.07, 6.45) is 0.101. The number of nitro groups is 1. The van der Waals surface area contributed by atoms with Gasteiger partial charge in [-0.05, 0) is 36.5 Å². The zero-order chi connectivity index (χ0) is 28.1. The second kappa shape index (κ2) is 9.53. The zero-order valence-corrected chi connectivity index (χ0v) is 21.7. The predicted octanol–water partition coefficient (Wildman–Crippen LogP) is 4.61. The Balaban J connectivity index is 1.57. The number of nitro benzene ring substituents is 1. The van der Waals surface area contributed by atoms with Crippen LogP contribution in [0.25, 0.3) is 16.6 Å². The van der Waals surface area contributed by atoms with Gasteiger partial charge in [-0.2, -0.15) is 5.10 Å². The van der Waals surface area contributed by atoms with Gasteiger partial charge in [-0.25, -0.2) is 9.31 Å². The number of aromatic nitrogens is 3. The van der Waals surface area contributed by atoms with E-state index in [1.807, 2.05) is 20.8 Å². The summed E-state index contributed by atoms with van der Waals surface area (Å²) in [7, 11) is 0. The molecule has 0 radical (unpaired) electrons. The molecule has 12 nitrogen and oxygen atoms in total. The number of rotatable bonds is 4. The summed E-state index contributed by atoms with van der Waals surface area (Å²) >= 11 is 0. The standard InChI is InChI=1S/C27H28N6O6/c1-27(2,3)21-13-15(10-11-31(21)26(36)37)20-14-22(34)29-24-23-18(8-5-9-19(23)30-32(20)24)28-25(35)16-6-4-7-17(12-16)33(38)39/h4-9,12,14-15,21H,10-11,13H2,1-3H3,(H,28,35)(H,29,34)(H,36,37). The Morgan fingerprint density at radius 3 is 2.62 bits per heavy atom. The Hall–Kier alpha value is -4.74. The minimum Gasteiger partial charge on any atom is -0.465 e. The minimum atomic E-state index is -0.960. The van der Waals surface area contributed by atoms with Gasteiger partial charge in [-0.3, -0.25) is 19.7 Å². The molecule has 1 aliphatic rings. The van der Waals surface area contributed by atoms with Crippen molar-refractivity contribution in [2.24, 2.45) is 5.41 Å². The van der Waals surface area contributed by atoms with Gasteiger partial charge >= 0.3 is 6.09 Å². The Kier molecular flexibility index (Phi) is 6.33. The molecule has 4 aromatic rings. The summed E-state index contributed by atoms with van der Waals surface area (Å²) in [6.45, 7) is 6.34. The summed E-state index contributed by atoms with van der Waals surface area (Å²) in [5.41, 5.74) is 1.25. The number of carboxylic acid groups (broad SMARTS) is 1. The Labute approximate surface area is 222 Å². The highest BCUT2D eigenvalue weighted by Gasteiger charge is 2.40. The number of fused-ring (bicyclic) bond motifs is 3. The third kappa shape index (κ3) is 4.80. The van der Waals surface area contributed by atoms with Crippen LogP contribution in [0.1, 0.15) is 55.6 Å². The highest BCUT2D eigenvalue weighted by molar-refractivity contribution is 6.12. The van der Waals surface area contributed by atoms with Crippen LogP contribution in [0.3, 0.4) is 0 Å². The summed E-state index contributed by atoms with van der Waals surface area (Å²) in [5.74, 6) is -0.662. The lowest BCUT2D eigenvalue weighted by atomic mass is 9.76. The first kappa shape index (κ1) is 25.9. The zero-order valence-electron chi connectivity index (χ0n) is 21.7. The van der Waals surface area contributed by atoms with E-state index in [0.29, 0.717) is 47.3 Å². The molecule has 2 amide bonds. The number of hydrogen-bond acceptors (Lipinski definition) is 6. The minimum absolute atomic E-state index is 0.116. The third-order valence-corrected chi connectivity index (χ3v) is 7.30. The number of amides is 2. The van der Waals surface area contributed by atoms with Crippen molar-refractivity contribution in [2.75, 3.05) is 11.9 Å². The van der Waals surface area contributed by atoms with Crippen molar-refractivity contribution in [1.29, 1.82) is 0 Å². The number of carbonyl (C=O) groups excluding carboxylic acids is 1. The number of non-ortho nitro benzene ring substituents is 1. The van der Waals surface area contributed by atoms with E-state index < -0.39 is 16.9 Å². The molecule has 1 fully saturated rings. The average Bonchev–Trinajstić information content (AvgIpc) is 3.26. The maximum absolute atomic E-state index is 13.0. The molecule has 39 heavy (non-hydrogen) atoms. The van der Waals surface area contributed by atoms with E-state index in [4.69, 9.17) is 5.10 Å². The van der Waals surface area contributed by atoms with Crippen LogP contribution in [0.2, 0.25) is 0 Å². The molecule has 0 aliphatic carbocycles. The third-order valence-electron chi connectivity index (χ3n) is 7.30. The van der Waals surface area contributed by atoms with E-state index in [9.17, 15) is 29.6 Å². The predicted molar refractivity (Wildman–Crippen MR) is 144 cm³/mol. The number of piperidine rings is 1. The molecular formula is C27H28N6O6. The van der Waals surface area contributed by atoms with Crippen molar-refractivity contribution in [3.63, 3.8) is 0 Å². The van der Waals surface area contributed by atoms with Crippen LogP contribution in [-0.4, -0.2) is 54.1 Å². The topological polar surface area (TPSA) is 163 Å². The SMILES string of the molecule is CC(C)(C)C1CC(c2cc(=O)[nH]c3c4c(NC(=O)c5cccc([N+](=O)[O-])c5)cccc4nn23)CCN1C(=O)O. The van der Waals surface area contributed by atoms with Crippen molar-refractivity contribution in [2.45, 2.75) is 45.6 Å². The summed E-state index contributed by atoms with van der Waals surface area (Å²) < 4.78 is 1.66. The van der Waals surface area contributed by atoms with Gasteiger partial charge in [0.15, 0.2) is 0 Å². The van der Waals surface area contributed by atoms with Crippen LogP contribution in [0.4, 0.5) is 16.2 Å². The molecule has 3 heterocycles. The monoisotopic (exact) mass is 532 g/mol. The Bertz CT molecular complexity index is 1680. The van der Waals surface area contributed by atoms with Crippen molar-refractivity contribution < 1.29 is 19.6 Å². The lowest BCUT2D eigenvalue weighted by Crippen LogP contribution is -2.51. The molecule has 3 N–H and O–H groups in total. The highest BCUT2D eigenvalue weighted by atomic mass is 16.6. The summed E-state index contributed by atoms with van der Waals surface area (Å²) in [4.78, 5) is 52.6. The fourth-order valence-electron chi connectivity index (χ4n) is 5.42. The van der Waals surface area contributed by atoms with Crippen molar-refractivity contribution in [3.8, 4) is 0 Å². The normalized spacial score (nSPS) is 17.9. The van der Waals surface area contributed by atoms with E-state index in [1.54, 1.807) is 22.7 Å². The van der Waals surface area contributed by atoms with Crippen LogP contribution in [0.5, 0.6) is 0 Å². The Morgan fingerprint density at radius 2 is 1.92 bits per heavy atom. The molecule has 2 aromatic heterocycles. The maximum atomic E-state index is 13.0. The van der Waals surface area contributed by atoms with Crippen LogP contribution >= 0.6 is 0 Å². The molecule has 1 saturated heterocycles. The van der Waals surface area contributed by atoms with E-state index in [-0.39, 0.29) is 34.2 Å². The molecule has 202 valence electrons. The van der Waals surface area contributed by atoms with Gasteiger partial charge in [0, 0.05) is 42.3 Å². The van der Waals surface area contributed by atoms with Crippen LogP contribution in [-0.2, 0) is 0 Å². The van der Waals surface area contributed by atoms with Crippen LogP contribution < -0.4 is 10.9 Å². The highest BCUT2D eigenvalue weighted by Crippen LogP contribution is 2.39. The lowest BCUT2D eigenvalue weighted by molar-refractivity contribution is -0.384. The number of hydrogen-bond donors (Lipinski definition) is 3. The quantitative estimate of drug-likeness (QED) is 0.255. The number of carbonyl (C=O) groups is 2.